The maximum absolute atomic E-state index is 12.4. The lowest BCUT2D eigenvalue weighted by Crippen LogP contribution is -2.54. The first-order valence-electron chi connectivity index (χ1n) is 6.85. The summed E-state index contributed by atoms with van der Waals surface area (Å²) in [4.78, 5) is 23.3. The molecule has 2 heterocycles. The number of carbonyl (C=O) groups is 2. The molecular formula is C14H16N4O3. The predicted octanol–water partition coefficient (Wildman–Crippen LogP) is 1.16. The maximum Gasteiger partial charge on any atom is 0.305 e. The number of aliphatic carboxylic acids is 1. The van der Waals surface area contributed by atoms with E-state index in [0.717, 1.165) is 6.42 Å². The molecule has 2 N–H and O–H groups in total. The minimum Gasteiger partial charge on any atom is -0.481 e. The maximum atomic E-state index is 12.4. The number of rotatable bonds is 4. The van der Waals surface area contributed by atoms with Crippen molar-refractivity contribution in [2.45, 2.75) is 38.1 Å². The van der Waals surface area contributed by atoms with Gasteiger partial charge in [-0.25, -0.2) is 0 Å². The summed E-state index contributed by atoms with van der Waals surface area (Å²) in [5, 5.41) is 19.8. The Labute approximate surface area is 121 Å². The van der Waals surface area contributed by atoms with Crippen LogP contribution in [0.3, 0.4) is 0 Å². The second-order valence-electron chi connectivity index (χ2n) is 5.55. The Balaban J connectivity index is 1.83. The highest BCUT2D eigenvalue weighted by Crippen LogP contribution is 2.35. The fraction of sp³-hybridized carbons (Fsp3) is 0.429. The third-order valence-corrected chi connectivity index (χ3v) is 4.01. The summed E-state index contributed by atoms with van der Waals surface area (Å²) in [5.74, 6) is -0.449. The lowest BCUT2D eigenvalue weighted by Gasteiger charge is -2.41. The van der Waals surface area contributed by atoms with Gasteiger partial charge in [0.1, 0.15) is 5.82 Å². The van der Waals surface area contributed by atoms with E-state index in [2.05, 4.69) is 15.5 Å². The van der Waals surface area contributed by atoms with E-state index in [4.69, 9.17) is 5.11 Å². The van der Waals surface area contributed by atoms with Crippen LogP contribution in [0.2, 0.25) is 0 Å². The fourth-order valence-electron chi connectivity index (χ4n) is 2.69. The van der Waals surface area contributed by atoms with Crippen LogP contribution in [0.15, 0.2) is 18.3 Å². The van der Waals surface area contributed by atoms with Crippen molar-refractivity contribution in [1.82, 2.24) is 19.9 Å². The zero-order valence-electron chi connectivity index (χ0n) is 11.7. The first kappa shape index (κ1) is 13.5. The number of nitrogens with one attached hydrogen (secondary N) is 1. The van der Waals surface area contributed by atoms with Crippen molar-refractivity contribution in [2.24, 2.45) is 0 Å². The molecule has 110 valence electrons. The van der Waals surface area contributed by atoms with Gasteiger partial charge in [0.15, 0.2) is 5.65 Å². The Morgan fingerprint density at radius 3 is 2.76 bits per heavy atom. The van der Waals surface area contributed by atoms with Crippen LogP contribution in [-0.2, 0) is 4.79 Å². The molecule has 1 aliphatic carbocycles. The van der Waals surface area contributed by atoms with E-state index in [-0.39, 0.29) is 12.3 Å². The Bertz CT molecular complexity index is 718. The highest BCUT2D eigenvalue weighted by Gasteiger charge is 2.40. The number of fused-ring (bicyclic) bond motifs is 1. The molecule has 1 aliphatic rings. The van der Waals surface area contributed by atoms with Crippen molar-refractivity contribution < 1.29 is 14.7 Å². The zero-order chi connectivity index (χ0) is 15.0. The number of nitrogens with zero attached hydrogens (tertiary/aromatic N) is 3. The van der Waals surface area contributed by atoms with Crippen LogP contribution in [0.1, 0.15) is 41.9 Å². The van der Waals surface area contributed by atoms with Crippen LogP contribution in [0.25, 0.3) is 5.65 Å². The Morgan fingerprint density at radius 2 is 2.14 bits per heavy atom. The van der Waals surface area contributed by atoms with Gasteiger partial charge in [-0.3, -0.25) is 14.0 Å². The number of carboxylic acids is 1. The third-order valence-electron chi connectivity index (χ3n) is 4.01. The van der Waals surface area contributed by atoms with Gasteiger partial charge < -0.3 is 10.4 Å². The largest absolute Gasteiger partial charge is 0.481 e. The van der Waals surface area contributed by atoms with E-state index in [1.54, 1.807) is 29.7 Å². The van der Waals surface area contributed by atoms with Crippen LogP contribution in [0.5, 0.6) is 0 Å². The van der Waals surface area contributed by atoms with Gasteiger partial charge >= 0.3 is 5.97 Å². The van der Waals surface area contributed by atoms with E-state index in [1.165, 1.54) is 0 Å². The number of carbonyl (C=O) groups excluding carboxylic acids is 1. The first-order valence-corrected chi connectivity index (χ1v) is 6.85. The topological polar surface area (TPSA) is 96.6 Å². The van der Waals surface area contributed by atoms with Crippen molar-refractivity contribution in [2.75, 3.05) is 0 Å². The molecule has 0 bridgehead atoms. The molecule has 0 spiro atoms. The van der Waals surface area contributed by atoms with Crippen molar-refractivity contribution in [3.63, 3.8) is 0 Å². The minimum atomic E-state index is -0.889. The number of pyridine rings is 1. The first-order chi connectivity index (χ1) is 9.99. The number of aryl methyl sites for hydroxylation is 1. The molecule has 7 nitrogen and oxygen atoms in total. The van der Waals surface area contributed by atoms with Gasteiger partial charge in [-0.15, -0.1) is 10.2 Å². The molecule has 0 radical (unpaired) electrons. The van der Waals surface area contributed by atoms with Gasteiger partial charge in [-0.05, 0) is 38.3 Å². The average Bonchev–Trinajstić information content (AvgIpc) is 2.77. The lowest BCUT2D eigenvalue weighted by molar-refractivity contribution is -0.139. The van der Waals surface area contributed by atoms with Gasteiger partial charge in [0, 0.05) is 6.20 Å². The molecule has 0 aromatic carbocycles. The lowest BCUT2D eigenvalue weighted by atomic mass is 9.74. The summed E-state index contributed by atoms with van der Waals surface area (Å²) < 4.78 is 1.74. The monoisotopic (exact) mass is 288 g/mol. The molecule has 1 amide bonds. The summed E-state index contributed by atoms with van der Waals surface area (Å²) >= 11 is 0. The van der Waals surface area contributed by atoms with Gasteiger partial charge in [0.25, 0.3) is 5.91 Å². The van der Waals surface area contributed by atoms with Crippen LogP contribution >= 0.6 is 0 Å². The van der Waals surface area contributed by atoms with E-state index in [1.807, 2.05) is 0 Å². The highest BCUT2D eigenvalue weighted by molar-refractivity contribution is 5.95. The predicted molar refractivity (Wildman–Crippen MR) is 74.0 cm³/mol. The van der Waals surface area contributed by atoms with Crippen molar-refractivity contribution in [3.8, 4) is 0 Å². The Kier molecular flexibility index (Phi) is 3.12. The molecule has 3 rings (SSSR count). The van der Waals surface area contributed by atoms with Crippen LogP contribution in [0.4, 0.5) is 0 Å². The number of amides is 1. The van der Waals surface area contributed by atoms with Crippen molar-refractivity contribution >= 4 is 17.5 Å². The normalized spacial score (nSPS) is 16.4. The van der Waals surface area contributed by atoms with Crippen LogP contribution < -0.4 is 5.32 Å². The molecule has 21 heavy (non-hydrogen) atoms. The number of aromatic nitrogens is 3. The molecule has 0 atom stereocenters. The van der Waals surface area contributed by atoms with Crippen molar-refractivity contribution in [1.29, 1.82) is 0 Å². The van der Waals surface area contributed by atoms with Crippen molar-refractivity contribution in [3.05, 3.63) is 29.7 Å². The van der Waals surface area contributed by atoms with Crippen LogP contribution in [0, 0.1) is 6.92 Å². The van der Waals surface area contributed by atoms with E-state index in [9.17, 15) is 9.59 Å². The fourth-order valence-corrected chi connectivity index (χ4v) is 2.69. The van der Waals surface area contributed by atoms with E-state index in [0.29, 0.717) is 29.9 Å². The number of hydrogen-bond donors (Lipinski definition) is 2. The highest BCUT2D eigenvalue weighted by atomic mass is 16.4. The molecule has 0 saturated heterocycles. The summed E-state index contributed by atoms with van der Waals surface area (Å²) in [6.07, 6.45) is 3.99. The second kappa shape index (κ2) is 4.83. The van der Waals surface area contributed by atoms with Crippen LogP contribution in [-0.4, -0.2) is 37.1 Å². The minimum absolute atomic E-state index is 0.0351. The van der Waals surface area contributed by atoms with E-state index < -0.39 is 11.5 Å². The smallest absolute Gasteiger partial charge is 0.305 e. The average molecular weight is 288 g/mol. The molecule has 0 unspecified atom stereocenters. The van der Waals surface area contributed by atoms with E-state index >= 15 is 0 Å². The Hall–Kier alpha value is -2.44. The molecular weight excluding hydrogens is 272 g/mol. The van der Waals surface area contributed by atoms with Gasteiger partial charge in [0.2, 0.25) is 0 Å². The SMILES string of the molecule is Cc1nnc2ccc(C(=O)NC3(CC(=O)O)CCC3)cn12. The molecule has 2 aromatic heterocycles. The zero-order valence-corrected chi connectivity index (χ0v) is 11.7. The third kappa shape index (κ3) is 2.46. The molecule has 0 aliphatic heterocycles. The number of carboxylic acid groups (broad SMARTS) is 1. The van der Waals surface area contributed by atoms with Gasteiger partial charge in [-0.2, -0.15) is 0 Å². The second-order valence-corrected chi connectivity index (χ2v) is 5.55. The van der Waals surface area contributed by atoms with Gasteiger partial charge in [0.05, 0.1) is 17.5 Å². The summed E-state index contributed by atoms with van der Waals surface area (Å²) in [6.45, 7) is 1.81. The summed E-state index contributed by atoms with van der Waals surface area (Å²) in [7, 11) is 0. The molecule has 7 heteroatoms. The Morgan fingerprint density at radius 1 is 1.38 bits per heavy atom. The summed E-state index contributed by atoms with van der Waals surface area (Å²) in [6, 6.07) is 3.39. The molecule has 1 fully saturated rings. The van der Waals surface area contributed by atoms with Gasteiger partial charge in [-0.1, -0.05) is 0 Å². The quantitative estimate of drug-likeness (QED) is 0.880. The standard InChI is InChI=1S/C14H16N4O3/c1-9-16-17-11-4-3-10(8-18(9)11)13(21)15-14(5-2-6-14)7-12(19)20/h3-4,8H,2,5-7H2,1H3,(H,15,21)(H,19,20). The number of hydrogen-bond acceptors (Lipinski definition) is 4. The molecule has 1 saturated carbocycles. The summed E-state index contributed by atoms with van der Waals surface area (Å²) in [5.41, 5.74) is 0.551. The molecule has 2 aromatic rings.